The standard InChI is InChI=1S/C15H21NO2/c1-18-8-7-16-11-15(17)10-12-5-6-13-3-2-4-14(13)9-12/h5-6,9,16H,2-4,7-8,10-11H2,1H3. The van der Waals surface area contributed by atoms with Gasteiger partial charge in [-0.1, -0.05) is 18.2 Å². The van der Waals surface area contributed by atoms with Crippen LogP contribution in [0.5, 0.6) is 0 Å². The van der Waals surface area contributed by atoms with Crippen molar-refractivity contribution in [3.05, 3.63) is 34.9 Å². The molecule has 1 aliphatic rings. The number of hydrogen-bond donors (Lipinski definition) is 1. The Morgan fingerprint density at radius 2 is 2.17 bits per heavy atom. The summed E-state index contributed by atoms with van der Waals surface area (Å²) in [6.45, 7) is 1.80. The van der Waals surface area contributed by atoms with Crippen LogP contribution in [-0.2, 0) is 28.8 Å². The molecule has 0 spiro atoms. The van der Waals surface area contributed by atoms with E-state index in [-0.39, 0.29) is 5.78 Å². The van der Waals surface area contributed by atoms with E-state index >= 15 is 0 Å². The van der Waals surface area contributed by atoms with Crippen molar-refractivity contribution >= 4 is 5.78 Å². The first-order valence-electron chi connectivity index (χ1n) is 6.61. The van der Waals surface area contributed by atoms with E-state index in [4.69, 9.17) is 4.74 Å². The highest BCUT2D eigenvalue weighted by Gasteiger charge is 2.11. The summed E-state index contributed by atoms with van der Waals surface area (Å²) in [5.41, 5.74) is 4.05. The number of Topliss-reactive ketones (excluding diaryl/α,β-unsaturated/α-hetero) is 1. The van der Waals surface area contributed by atoms with Gasteiger partial charge in [-0.15, -0.1) is 0 Å². The second-order valence-corrected chi connectivity index (χ2v) is 4.84. The number of aryl methyl sites for hydroxylation is 2. The predicted molar refractivity (Wildman–Crippen MR) is 71.9 cm³/mol. The monoisotopic (exact) mass is 247 g/mol. The maximum absolute atomic E-state index is 11.8. The van der Waals surface area contributed by atoms with Crippen molar-refractivity contribution < 1.29 is 9.53 Å². The van der Waals surface area contributed by atoms with Gasteiger partial charge < -0.3 is 10.1 Å². The minimum absolute atomic E-state index is 0.240. The summed E-state index contributed by atoms with van der Waals surface area (Å²) in [5, 5.41) is 3.08. The molecule has 0 saturated carbocycles. The highest BCUT2D eigenvalue weighted by Crippen LogP contribution is 2.22. The number of ketones is 1. The van der Waals surface area contributed by atoms with Gasteiger partial charge in [0.1, 0.15) is 0 Å². The van der Waals surface area contributed by atoms with Gasteiger partial charge in [0.25, 0.3) is 0 Å². The van der Waals surface area contributed by atoms with Crippen LogP contribution in [0.3, 0.4) is 0 Å². The first-order valence-corrected chi connectivity index (χ1v) is 6.61. The molecule has 3 heteroatoms. The Bertz CT molecular complexity index is 415. The van der Waals surface area contributed by atoms with E-state index < -0.39 is 0 Å². The van der Waals surface area contributed by atoms with E-state index in [0.29, 0.717) is 19.6 Å². The zero-order valence-corrected chi connectivity index (χ0v) is 11.0. The van der Waals surface area contributed by atoms with Crippen LogP contribution in [0, 0.1) is 0 Å². The number of carbonyl (C=O) groups is 1. The summed E-state index contributed by atoms with van der Waals surface area (Å²) in [6, 6.07) is 6.48. The van der Waals surface area contributed by atoms with Crippen molar-refractivity contribution in [2.75, 3.05) is 26.8 Å². The fourth-order valence-electron chi connectivity index (χ4n) is 2.43. The van der Waals surface area contributed by atoms with Gasteiger partial charge in [-0.25, -0.2) is 0 Å². The molecule has 0 aliphatic heterocycles. The molecule has 1 aromatic carbocycles. The summed E-state index contributed by atoms with van der Waals surface area (Å²) < 4.78 is 4.92. The zero-order valence-electron chi connectivity index (χ0n) is 11.0. The van der Waals surface area contributed by atoms with Crippen LogP contribution >= 0.6 is 0 Å². The van der Waals surface area contributed by atoms with Gasteiger partial charge in [-0.05, 0) is 36.0 Å². The smallest absolute Gasteiger partial charge is 0.150 e. The lowest BCUT2D eigenvalue weighted by Gasteiger charge is -2.06. The largest absolute Gasteiger partial charge is 0.383 e. The lowest BCUT2D eigenvalue weighted by Crippen LogP contribution is -2.27. The molecular formula is C15H21NO2. The third kappa shape index (κ3) is 3.65. The molecule has 18 heavy (non-hydrogen) atoms. The van der Waals surface area contributed by atoms with Crippen molar-refractivity contribution in [1.82, 2.24) is 5.32 Å². The third-order valence-corrected chi connectivity index (χ3v) is 3.37. The molecule has 1 aromatic rings. The minimum atomic E-state index is 0.240. The highest BCUT2D eigenvalue weighted by molar-refractivity contribution is 5.82. The molecule has 0 heterocycles. The topological polar surface area (TPSA) is 38.3 Å². The van der Waals surface area contributed by atoms with E-state index in [1.165, 1.54) is 30.4 Å². The van der Waals surface area contributed by atoms with Gasteiger partial charge in [0.15, 0.2) is 5.78 Å². The van der Waals surface area contributed by atoms with Crippen LogP contribution in [0.4, 0.5) is 0 Å². The maximum atomic E-state index is 11.8. The van der Waals surface area contributed by atoms with Crippen molar-refractivity contribution in [2.24, 2.45) is 0 Å². The van der Waals surface area contributed by atoms with Crippen molar-refractivity contribution in [3.63, 3.8) is 0 Å². The Balaban J connectivity index is 1.80. The second kappa shape index (κ2) is 6.66. The number of benzene rings is 1. The predicted octanol–water partition coefficient (Wildman–Crippen LogP) is 1.52. The summed E-state index contributed by atoms with van der Waals surface area (Å²) in [5.74, 6) is 0.240. The number of hydrogen-bond acceptors (Lipinski definition) is 3. The lowest BCUT2D eigenvalue weighted by atomic mass is 10.0. The molecular weight excluding hydrogens is 226 g/mol. The SMILES string of the molecule is COCCNCC(=O)Cc1ccc2c(c1)CCC2. The van der Waals surface area contributed by atoms with E-state index in [1.54, 1.807) is 7.11 Å². The van der Waals surface area contributed by atoms with Gasteiger partial charge in [-0.2, -0.15) is 0 Å². The molecule has 1 aliphatic carbocycles. The number of rotatable bonds is 7. The lowest BCUT2D eigenvalue weighted by molar-refractivity contribution is -0.117. The minimum Gasteiger partial charge on any atom is -0.383 e. The summed E-state index contributed by atoms with van der Waals surface area (Å²) in [4.78, 5) is 11.8. The van der Waals surface area contributed by atoms with Gasteiger partial charge in [-0.3, -0.25) is 4.79 Å². The molecule has 0 radical (unpaired) electrons. The molecule has 0 saturated heterocycles. The number of fused-ring (bicyclic) bond motifs is 1. The van der Waals surface area contributed by atoms with Crippen LogP contribution in [-0.4, -0.2) is 32.6 Å². The maximum Gasteiger partial charge on any atom is 0.150 e. The Morgan fingerprint density at radius 3 is 3.00 bits per heavy atom. The molecule has 0 fully saturated rings. The summed E-state index contributed by atoms with van der Waals surface area (Å²) in [7, 11) is 1.66. The molecule has 0 atom stereocenters. The highest BCUT2D eigenvalue weighted by atomic mass is 16.5. The Kier molecular flexibility index (Phi) is 4.90. The van der Waals surface area contributed by atoms with Crippen molar-refractivity contribution in [1.29, 1.82) is 0 Å². The molecule has 2 rings (SSSR count). The molecule has 0 aromatic heterocycles. The normalized spacial score (nSPS) is 13.6. The fourth-order valence-corrected chi connectivity index (χ4v) is 2.43. The summed E-state index contributed by atoms with van der Waals surface area (Å²) in [6.07, 6.45) is 4.16. The second-order valence-electron chi connectivity index (χ2n) is 4.84. The quantitative estimate of drug-likeness (QED) is 0.742. The molecule has 1 N–H and O–H groups in total. The van der Waals surface area contributed by atoms with Crippen LogP contribution in [0.25, 0.3) is 0 Å². The van der Waals surface area contributed by atoms with Gasteiger partial charge in [0, 0.05) is 20.1 Å². The van der Waals surface area contributed by atoms with Crippen molar-refractivity contribution in [2.45, 2.75) is 25.7 Å². The zero-order chi connectivity index (χ0) is 12.8. The first kappa shape index (κ1) is 13.2. The molecule has 98 valence electrons. The van der Waals surface area contributed by atoms with Crippen LogP contribution in [0.15, 0.2) is 18.2 Å². The molecule has 0 amide bonds. The number of carbonyl (C=O) groups excluding carboxylic acids is 1. The first-order chi connectivity index (χ1) is 8.79. The Labute approximate surface area is 109 Å². The third-order valence-electron chi connectivity index (χ3n) is 3.37. The van der Waals surface area contributed by atoms with E-state index in [1.807, 2.05) is 0 Å². The number of nitrogens with one attached hydrogen (secondary N) is 1. The van der Waals surface area contributed by atoms with Gasteiger partial charge >= 0.3 is 0 Å². The number of ether oxygens (including phenoxy) is 1. The Hall–Kier alpha value is -1.19. The fraction of sp³-hybridized carbons (Fsp3) is 0.533. The van der Waals surface area contributed by atoms with Crippen LogP contribution in [0.1, 0.15) is 23.1 Å². The Morgan fingerprint density at radius 1 is 1.33 bits per heavy atom. The van der Waals surface area contributed by atoms with Gasteiger partial charge in [0.05, 0.1) is 13.2 Å². The summed E-state index contributed by atoms with van der Waals surface area (Å²) >= 11 is 0. The average molecular weight is 247 g/mol. The van der Waals surface area contributed by atoms with Crippen LogP contribution in [0.2, 0.25) is 0 Å². The van der Waals surface area contributed by atoms with E-state index in [9.17, 15) is 4.79 Å². The molecule has 0 bridgehead atoms. The molecule has 3 nitrogen and oxygen atoms in total. The molecule has 0 unspecified atom stereocenters. The van der Waals surface area contributed by atoms with E-state index in [2.05, 4.69) is 23.5 Å². The van der Waals surface area contributed by atoms with Crippen molar-refractivity contribution in [3.8, 4) is 0 Å². The number of methoxy groups -OCH3 is 1. The average Bonchev–Trinajstić information content (AvgIpc) is 2.82. The van der Waals surface area contributed by atoms with E-state index in [0.717, 1.165) is 12.1 Å². The van der Waals surface area contributed by atoms with Crippen LogP contribution < -0.4 is 5.32 Å². The van der Waals surface area contributed by atoms with Gasteiger partial charge in [0.2, 0.25) is 0 Å².